The third-order valence-electron chi connectivity index (χ3n) is 3.44. The highest BCUT2D eigenvalue weighted by atomic mass is 16.1. The van der Waals surface area contributed by atoms with Gasteiger partial charge in [0, 0.05) is 18.7 Å². The number of carbonyl (C=O) groups is 1. The molecular weight excluding hydrogens is 246 g/mol. The first-order chi connectivity index (χ1) is 9.29. The summed E-state index contributed by atoms with van der Waals surface area (Å²) in [7, 11) is 0. The molecule has 0 bridgehead atoms. The Bertz CT molecular complexity index is 439. The lowest BCUT2D eigenvalue weighted by Crippen LogP contribution is -2.35. The van der Waals surface area contributed by atoms with E-state index in [0.29, 0.717) is 18.4 Å². The summed E-state index contributed by atoms with van der Waals surface area (Å²) >= 11 is 0. The Morgan fingerprint density at radius 1 is 1.00 bits per heavy atom. The highest BCUT2D eigenvalue weighted by Crippen LogP contribution is 2.12. The first-order valence-corrected chi connectivity index (χ1v) is 7.62. The first kappa shape index (κ1) is 16.9. The van der Waals surface area contributed by atoms with Gasteiger partial charge in [-0.3, -0.25) is 9.69 Å². The number of ketones is 1. The Kier molecular flexibility index (Phi) is 6.41. The molecule has 0 unspecified atom stereocenters. The molecule has 0 heterocycles. The number of hydrogen-bond donors (Lipinski definition) is 0. The van der Waals surface area contributed by atoms with E-state index in [2.05, 4.69) is 46.4 Å². The molecule has 0 aromatic heterocycles. The average molecular weight is 275 g/mol. The van der Waals surface area contributed by atoms with Crippen LogP contribution < -0.4 is 0 Å². The molecule has 0 saturated heterocycles. The second-order valence-corrected chi connectivity index (χ2v) is 6.70. The molecule has 20 heavy (non-hydrogen) atoms. The molecule has 1 aromatic rings. The quantitative estimate of drug-likeness (QED) is 0.698. The van der Waals surface area contributed by atoms with Crippen LogP contribution in [0, 0.1) is 25.7 Å². The van der Waals surface area contributed by atoms with Gasteiger partial charge in [-0.1, -0.05) is 39.8 Å². The predicted octanol–water partition coefficient (Wildman–Crippen LogP) is 4.10. The molecule has 0 saturated carbocycles. The van der Waals surface area contributed by atoms with Crippen LogP contribution in [0.15, 0.2) is 18.2 Å². The predicted molar refractivity (Wildman–Crippen MR) is 86.4 cm³/mol. The fourth-order valence-electron chi connectivity index (χ4n) is 2.45. The van der Waals surface area contributed by atoms with Gasteiger partial charge < -0.3 is 0 Å². The summed E-state index contributed by atoms with van der Waals surface area (Å²) in [5.74, 6) is 1.40. The van der Waals surface area contributed by atoms with Gasteiger partial charge in [-0.2, -0.15) is 0 Å². The number of hydrogen-bond acceptors (Lipinski definition) is 2. The van der Waals surface area contributed by atoms with Crippen molar-refractivity contribution in [2.45, 2.75) is 41.5 Å². The number of rotatable bonds is 7. The van der Waals surface area contributed by atoms with Crippen molar-refractivity contribution in [3.8, 4) is 0 Å². The van der Waals surface area contributed by atoms with Gasteiger partial charge in [0.1, 0.15) is 0 Å². The lowest BCUT2D eigenvalue weighted by Gasteiger charge is -2.25. The van der Waals surface area contributed by atoms with E-state index >= 15 is 0 Å². The second kappa shape index (κ2) is 7.58. The monoisotopic (exact) mass is 275 g/mol. The van der Waals surface area contributed by atoms with Gasteiger partial charge in [-0.05, 0) is 42.9 Å². The minimum atomic E-state index is 0.231. The van der Waals surface area contributed by atoms with Crippen LogP contribution >= 0.6 is 0 Å². The molecule has 0 aliphatic rings. The molecule has 2 nitrogen and oxygen atoms in total. The Labute approximate surface area is 124 Å². The van der Waals surface area contributed by atoms with Gasteiger partial charge in [0.15, 0.2) is 5.78 Å². The molecule has 0 spiro atoms. The first-order valence-electron chi connectivity index (χ1n) is 7.62. The van der Waals surface area contributed by atoms with Crippen LogP contribution in [0.2, 0.25) is 0 Å². The standard InChI is InChI=1S/C18H29NO/c1-13(2)10-19(11-14(3)4)12-18(20)17-8-7-15(5)16(6)9-17/h7-9,13-14H,10-12H2,1-6H3. The van der Waals surface area contributed by atoms with Crippen molar-refractivity contribution in [3.05, 3.63) is 34.9 Å². The van der Waals surface area contributed by atoms with Crippen molar-refractivity contribution in [1.82, 2.24) is 4.90 Å². The van der Waals surface area contributed by atoms with Crippen LogP contribution in [0.3, 0.4) is 0 Å². The van der Waals surface area contributed by atoms with E-state index < -0.39 is 0 Å². The number of nitrogens with zero attached hydrogens (tertiary/aromatic N) is 1. The van der Waals surface area contributed by atoms with Gasteiger partial charge in [-0.25, -0.2) is 0 Å². The zero-order valence-electron chi connectivity index (χ0n) is 13.9. The summed E-state index contributed by atoms with van der Waals surface area (Å²) in [5.41, 5.74) is 3.27. The molecule has 0 radical (unpaired) electrons. The van der Waals surface area contributed by atoms with E-state index in [1.54, 1.807) is 0 Å². The highest BCUT2D eigenvalue weighted by Gasteiger charge is 2.15. The second-order valence-electron chi connectivity index (χ2n) is 6.70. The molecule has 0 amide bonds. The smallest absolute Gasteiger partial charge is 0.176 e. The van der Waals surface area contributed by atoms with Crippen molar-refractivity contribution in [2.75, 3.05) is 19.6 Å². The van der Waals surface area contributed by atoms with Crippen LogP contribution in [0.25, 0.3) is 0 Å². The summed E-state index contributed by atoms with van der Waals surface area (Å²) in [4.78, 5) is 14.7. The molecular formula is C18H29NO. The number of aryl methyl sites for hydroxylation is 2. The number of Topliss-reactive ketones (excluding diaryl/α,β-unsaturated/α-hetero) is 1. The molecule has 2 heteroatoms. The normalized spacial score (nSPS) is 11.7. The van der Waals surface area contributed by atoms with E-state index in [1.165, 1.54) is 11.1 Å². The fraction of sp³-hybridized carbons (Fsp3) is 0.611. The SMILES string of the molecule is Cc1ccc(C(=O)CN(CC(C)C)CC(C)C)cc1C. The molecule has 0 fully saturated rings. The Morgan fingerprint density at radius 3 is 2.00 bits per heavy atom. The zero-order chi connectivity index (χ0) is 15.3. The molecule has 0 atom stereocenters. The molecule has 112 valence electrons. The topological polar surface area (TPSA) is 20.3 Å². The lowest BCUT2D eigenvalue weighted by molar-refractivity contribution is 0.0912. The van der Waals surface area contributed by atoms with Crippen molar-refractivity contribution in [1.29, 1.82) is 0 Å². The van der Waals surface area contributed by atoms with Crippen LogP contribution in [0.4, 0.5) is 0 Å². The summed E-state index contributed by atoms with van der Waals surface area (Å²) < 4.78 is 0. The van der Waals surface area contributed by atoms with Crippen LogP contribution in [0.1, 0.15) is 49.2 Å². The van der Waals surface area contributed by atoms with Crippen molar-refractivity contribution in [2.24, 2.45) is 11.8 Å². The largest absolute Gasteiger partial charge is 0.295 e. The van der Waals surface area contributed by atoms with Gasteiger partial charge in [-0.15, -0.1) is 0 Å². The van der Waals surface area contributed by atoms with E-state index in [4.69, 9.17) is 0 Å². The minimum absolute atomic E-state index is 0.231. The van der Waals surface area contributed by atoms with Crippen LogP contribution in [-0.2, 0) is 0 Å². The summed E-state index contributed by atoms with van der Waals surface area (Å²) in [6, 6.07) is 6.01. The maximum Gasteiger partial charge on any atom is 0.176 e. The van der Waals surface area contributed by atoms with E-state index in [-0.39, 0.29) is 5.78 Å². The Balaban J connectivity index is 2.76. The molecule has 0 aliphatic carbocycles. The summed E-state index contributed by atoms with van der Waals surface area (Å²) in [6.07, 6.45) is 0. The minimum Gasteiger partial charge on any atom is -0.295 e. The summed E-state index contributed by atoms with van der Waals surface area (Å²) in [5, 5.41) is 0. The Morgan fingerprint density at radius 2 is 1.55 bits per heavy atom. The zero-order valence-corrected chi connectivity index (χ0v) is 13.9. The van der Waals surface area contributed by atoms with E-state index in [9.17, 15) is 4.79 Å². The lowest BCUT2D eigenvalue weighted by atomic mass is 10.0. The van der Waals surface area contributed by atoms with E-state index in [0.717, 1.165) is 18.7 Å². The third-order valence-corrected chi connectivity index (χ3v) is 3.44. The molecule has 1 rings (SSSR count). The van der Waals surface area contributed by atoms with E-state index in [1.807, 2.05) is 18.2 Å². The van der Waals surface area contributed by atoms with Crippen LogP contribution in [-0.4, -0.2) is 30.3 Å². The maximum atomic E-state index is 12.4. The molecule has 1 aromatic carbocycles. The molecule has 0 aliphatic heterocycles. The maximum absolute atomic E-state index is 12.4. The summed E-state index contributed by atoms with van der Waals surface area (Å²) in [6.45, 7) is 15.4. The van der Waals surface area contributed by atoms with Gasteiger partial charge in [0.05, 0.1) is 6.54 Å². The average Bonchev–Trinajstić information content (AvgIpc) is 2.30. The van der Waals surface area contributed by atoms with Crippen molar-refractivity contribution >= 4 is 5.78 Å². The van der Waals surface area contributed by atoms with Crippen molar-refractivity contribution in [3.63, 3.8) is 0 Å². The third kappa shape index (κ3) is 5.46. The Hall–Kier alpha value is -1.15. The number of benzene rings is 1. The molecule has 0 N–H and O–H groups in total. The number of carbonyl (C=O) groups excluding carboxylic acids is 1. The van der Waals surface area contributed by atoms with Gasteiger partial charge in [0.2, 0.25) is 0 Å². The van der Waals surface area contributed by atoms with Gasteiger partial charge in [0.25, 0.3) is 0 Å². The van der Waals surface area contributed by atoms with Crippen molar-refractivity contribution < 1.29 is 4.79 Å². The van der Waals surface area contributed by atoms with Gasteiger partial charge >= 0.3 is 0 Å². The highest BCUT2D eigenvalue weighted by molar-refractivity contribution is 5.97. The van der Waals surface area contributed by atoms with Crippen LogP contribution in [0.5, 0.6) is 0 Å². The fourth-order valence-corrected chi connectivity index (χ4v) is 2.45.